The Morgan fingerprint density at radius 2 is 2.24 bits per heavy atom. The maximum Gasteiger partial charge on any atom is 0.188 e. The van der Waals surface area contributed by atoms with Gasteiger partial charge in [-0.15, -0.1) is 35.3 Å². The first-order valence-electron chi connectivity index (χ1n) is 7.22. The molecule has 1 aromatic rings. The summed E-state index contributed by atoms with van der Waals surface area (Å²) < 4.78 is 5.04. The summed E-state index contributed by atoms with van der Waals surface area (Å²) in [6.07, 6.45) is 5.81. The minimum absolute atomic E-state index is 0. The molecule has 21 heavy (non-hydrogen) atoms. The van der Waals surface area contributed by atoms with Gasteiger partial charge in [-0.2, -0.15) is 0 Å². The molecule has 1 unspecified atom stereocenters. The molecular weight excluding hydrogens is 399 g/mol. The van der Waals surface area contributed by atoms with Gasteiger partial charge in [-0.1, -0.05) is 0 Å². The van der Waals surface area contributed by atoms with Crippen LogP contribution < -0.4 is 11.1 Å². The Balaban J connectivity index is 0.00000220. The molecule has 7 heteroatoms. The maximum atomic E-state index is 5.83. The molecule has 0 saturated heterocycles. The third-order valence-corrected chi connectivity index (χ3v) is 4.53. The monoisotopic (exact) mass is 424 g/mol. The molecule has 0 bridgehead atoms. The van der Waals surface area contributed by atoms with Gasteiger partial charge in [0.25, 0.3) is 0 Å². The van der Waals surface area contributed by atoms with Crippen molar-refractivity contribution in [1.29, 1.82) is 0 Å². The second-order valence-electron chi connectivity index (χ2n) is 5.20. The van der Waals surface area contributed by atoms with Crippen molar-refractivity contribution in [2.45, 2.75) is 45.1 Å². The lowest BCUT2D eigenvalue weighted by molar-refractivity contribution is 0.179. The number of nitrogens with one attached hydrogen (secondary N) is 1. The van der Waals surface area contributed by atoms with Crippen molar-refractivity contribution in [3.8, 4) is 0 Å². The van der Waals surface area contributed by atoms with E-state index in [0.29, 0.717) is 19.1 Å². The molecule has 1 aliphatic carbocycles. The third kappa shape index (κ3) is 6.07. The van der Waals surface area contributed by atoms with Gasteiger partial charge in [0.2, 0.25) is 0 Å². The van der Waals surface area contributed by atoms with Gasteiger partial charge in [-0.25, -0.2) is 4.98 Å². The summed E-state index contributed by atoms with van der Waals surface area (Å²) in [5.41, 5.74) is 7.15. The van der Waals surface area contributed by atoms with Gasteiger partial charge >= 0.3 is 0 Å². The van der Waals surface area contributed by atoms with Crippen LogP contribution >= 0.6 is 35.3 Å². The zero-order valence-electron chi connectivity index (χ0n) is 12.7. The number of rotatable bonds is 6. The van der Waals surface area contributed by atoms with Gasteiger partial charge in [0.15, 0.2) is 5.96 Å². The summed E-state index contributed by atoms with van der Waals surface area (Å²) in [5.74, 6) is 0.482. The number of hydrogen-bond donors (Lipinski definition) is 2. The predicted octanol–water partition coefficient (Wildman–Crippen LogP) is 2.12. The van der Waals surface area contributed by atoms with Crippen LogP contribution in [-0.4, -0.2) is 37.2 Å². The Kier molecular flexibility index (Phi) is 8.50. The number of methoxy groups -OCH3 is 1. The van der Waals surface area contributed by atoms with Crippen LogP contribution in [0.2, 0.25) is 0 Å². The molecule has 5 nitrogen and oxygen atoms in total. The highest BCUT2D eigenvalue weighted by Gasteiger charge is 2.14. The SMILES string of the molecule is COCC(C)NC(N)=NCCc1nc2c(s1)CCCC2.I. The van der Waals surface area contributed by atoms with E-state index in [9.17, 15) is 0 Å². The molecule has 3 N–H and O–H groups in total. The van der Waals surface area contributed by atoms with Crippen molar-refractivity contribution in [2.75, 3.05) is 20.3 Å². The van der Waals surface area contributed by atoms with Gasteiger partial charge in [0, 0.05) is 31.0 Å². The van der Waals surface area contributed by atoms with E-state index in [4.69, 9.17) is 15.5 Å². The molecule has 1 atom stereocenters. The zero-order valence-corrected chi connectivity index (χ0v) is 15.9. The molecule has 0 aromatic carbocycles. The van der Waals surface area contributed by atoms with E-state index in [2.05, 4.69) is 10.3 Å². The fourth-order valence-corrected chi connectivity index (χ4v) is 3.52. The number of nitrogens with two attached hydrogens (primary N) is 1. The summed E-state index contributed by atoms with van der Waals surface area (Å²) in [5, 5.41) is 4.29. The third-order valence-electron chi connectivity index (χ3n) is 3.31. The molecule has 1 heterocycles. The highest BCUT2D eigenvalue weighted by atomic mass is 127. The lowest BCUT2D eigenvalue weighted by Crippen LogP contribution is -2.40. The van der Waals surface area contributed by atoms with Crippen LogP contribution in [0, 0.1) is 0 Å². The summed E-state index contributed by atoms with van der Waals surface area (Å²) in [6, 6.07) is 0.177. The molecule has 0 aliphatic heterocycles. The van der Waals surface area contributed by atoms with Crippen LogP contribution in [0.1, 0.15) is 35.3 Å². The largest absolute Gasteiger partial charge is 0.383 e. The lowest BCUT2D eigenvalue weighted by Gasteiger charge is -2.12. The first-order chi connectivity index (χ1) is 9.69. The summed E-state index contributed by atoms with van der Waals surface area (Å²) in [6.45, 7) is 3.32. The molecule has 0 spiro atoms. The van der Waals surface area contributed by atoms with Crippen molar-refractivity contribution in [3.63, 3.8) is 0 Å². The number of fused-ring (bicyclic) bond motifs is 1. The van der Waals surface area contributed by atoms with E-state index < -0.39 is 0 Å². The minimum atomic E-state index is 0. The van der Waals surface area contributed by atoms with Gasteiger partial charge in [0.1, 0.15) is 0 Å². The molecule has 0 radical (unpaired) electrons. The van der Waals surface area contributed by atoms with Crippen LogP contribution in [-0.2, 0) is 24.0 Å². The van der Waals surface area contributed by atoms with E-state index in [-0.39, 0.29) is 30.0 Å². The first kappa shape index (κ1) is 18.6. The number of aryl methyl sites for hydroxylation is 2. The molecule has 2 rings (SSSR count). The quantitative estimate of drug-likeness (QED) is 0.417. The van der Waals surface area contributed by atoms with E-state index in [0.717, 1.165) is 12.8 Å². The number of hydrogen-bond acceptors (Lipinski definition) is 4. The van der Waals surface area contributed by atoms with Crippen molar-refractivity contribution in [3.05, 3.63) is 15.6 Å². The maximum absolute atomic E-state index is 5.83. The van der Waals surface area contributed by atoms with Crippen LogP contribution in [0.4, 0.5) is 0 Å². The second-order valence-corrected chi connectivity index (χ2v) is 6.37. The molecule has 0 saturated carbocycles. The second kappa shape index (κ2) is 9.58. The van der Waals surface area contributed by atoms with E-state index >= 15 is 0 Å². The summed E-state index contributed by atoms with van der Waals surface area (Å²) in [4.78, 5) is 10.5. The summed E-state index contributed by atoms with van der Waals surface area (Å²) in [7, 11) is 1.68. The molecule has 120 valence electrons. The van der Waals surface area contributed by atoms with Crippen molar-refractivity contribution in [2.24, 2.45) is 10.7 Å². The average molecular weight is 424 g/mol. The average Bonchev–Trinajstić information content (AvgIpc) is 2.81. The van der Waals surface area contributed by atoms with Crippen LogP contribution in [0.15, 0.2) is 4.99 Å². The smallest absolute Gasteiger partial charge is 0.188 e. The molecule has 1 aliphatic rings. The fraction of sp³-hybridized carbons (Fsp3) is 0.714. The number of nitrogens with zero attached hydrogens (tertiary/aromatic N) is 2. The highest BCUT2D eigenvalue weighted by Crippen LogP contribution is 2.26. The number of aromatic nitrogens is 1. The molecule has 0 amide bonds. The Morgan fingerprint density at radius 3 is 2.95 bits per heavy atom. The van der Waals surface area contributed by atoms with Crippen molar-refractivity contribution >= 4 is 41.3 Å². The van der Waals surface area contributed by atoms with Crippen LogP contribution in [0.5, 0.6) is 0 Å². The number of halogens is 1. The Bertz CT molecular complexity index is 440. The van der Waals surface area contributed by atoms with Crippen molar-refractivity contribution < 1.29 is 4.74 Å². The molecule has 0 fully saturated rings. The number of guanidine groups is 1. The van der Waals surface area contributed by atoms with Crippen LogP contribution in [0.3, 0.4) is 0 Å². The lowest BCUT2D eigenvalue weighted by atomic mass is 10.0. The Morgan fingerprint density at radius 1 is 1.48 bits per heavy atom. The summed E-state index contributed by atoms with van der Waals surface area (Å²) >= 11 is 1.85. The van der Waals surface area contributed by atoms with E-state index in [1.54, 1.807) is 7.11 Å². The van der Waals surface area contributed by atoms with Gasteiger partial charge < -0.3 is 15.8 Å². The zero-order chi connectivity index (χ0) is 14.4. The topological polar surface area (TPSA) is 72.5 Å². The number of aliphatic imine (C=N–C) groups is 1. The van der Waals surface area contributed by atoms with E-state index in [1.165, 1.54) is 34.8 Å². The Hall–Kier alpha value is -0.410. The van der Waals surface area contributed by atoms with Gasteiger partial charge in [-0.3, -0.25) is 4.99 Å². The number of ether oxygens (including phenoxy) is 1. The molecular formula is C14H25IN4OS. The Labute approximate surface area is 147 Å². The van der Waals surface area contributed by atoms with Crippen LogP contribution in [0.25, 0.3) is 0 Å². The first-order valence-corrected chi connectivity index (χ1v) is 8.03. The van der Waals surface area contributed by atoms with E-state index in [1.807, 2.05) is 18.3 Å². The predicted molar refractivity (Wildman–Crippen MR) is 98.8 cm³/mol. The normalized spacial score (nSPS) is 16.0. The van der Waals surface area contributed by atoms with Gasteiger partial charge in [-0.05, 0) is 32.6 Å². The standard InChI is InChI=1S/C14H24N4OS.HI/c1-10(9-19-2)17-14(15)16-8-7-13-18-11-5-3-4-6-12(11)20-13;/h10H,3-9H2,1-2H3,(H3,15,16,17);1H. The molecule has 1 aromatic heterocycles. The fourth-order valence-electron chi connectivity index (χ4n) is 2.37. The number of thiazole rings is 1. The van der Waals surface area contributed by atoms with Gasteiger partial charge in [0.05, 0.1) is 17.3 Å². The minimum Gasteiger partial charge on any atom is -0.383 e. The highest BCUT2D eigenvalue weighted by molar-refractivity contribution is 14.0. The van der Waals surface area contributed by atoms with Crippen molar-refractivity contribution in [1.82, 2.24) is 10.3 Å².